The van der Waals surface area contributed by atoms with Crippen LogP contribution < -0.4 is 5.01 Å². The molecule has 0 saturated carbocycles. The zero-order valence-electron chi connectivity index (χ0n) is 20.9. The molecule has 2 aromatic carbocycles. The van der Waals surface area contributed by atoms with E-state index in [-0.39, 0.29) is 11.9 Å². The van der Waals surface area contributed by atoms with Crippen LogP contribution in [0.25, 0.3) is 11.0 Å². The topological polar surface area (TPSA) is 41.4 Å². The van der Waals surface area contributed by atoms with Gasteiger partial charge in [-0.25, -0.2) is 9.66 Å². The fourth-order valence-electron chi connectivity index (χ4n) is 5.48. The Morgan fingerprint density at radius 1 is 1.03 bits per heavy atom. The van der Waals surface area contributed by atoms with Gasteiger partial charge in [0.05, 0.1) is 17.1 Å². The van der Waals surface area contributed by atoms with E-state index in [2.05, 4.69) is 85.6 Å². The fourth-order valence-corrected chi connectivity index (χ4v) is 5.48. The smallest absolute Gasteiger partial charge is 0.255 e. The number of rotatable bonds is 7. The average Bonchev–Trinajstić information content (AvgIpc) is 3.17. The SMILES string of the molecule is CCCN(CCC)n1c(C2CCCCN2C(=O)c2c(C)cc(C)cc2C)nc2ccccc21. The minimum absolute atomic E-state index is 0.0186. The molecule has 33 heavy (non-hydrogen) atoms. The molecule has 1 saturated heterocycles. The van der Waals surface area contributed by atoms with Crippen LogP contribution in [0.3, 0.4) is 0 Å². The van der Waals surface area contributed by atoms with Gasteiger partial charge in [0, 0.05) is 25.2 Å². The summed E-state index contributed by atoms with van der Waals surface area (Å²) >= 11 is 0. The van der Waals surface area contributed by atoms with Gasteiger partial charge in [0.2, 0.25) is 0 Å². The van der Waals surface area contributed by atoms with Crippen molar-refractivity contribution in [3.63, 3.8) is 0 Å². The van der Waals surface area contributed by atoms with Crippen LogP contribution in [0.15, 0.2) is 36.4 Å². The van der Waals surface area contributed by atoms with Gasteiger partial charge in [-0.3, -0.25) is 4.79 Å². The Kier molecular flexibility index (Phi) is 7.06. The number of aryl methyl sites for hydroxylation is 3. The van der Waals surface area contributed by atoms with E-state index in [9.17, 15) is 4.79 Å². The highest BCUT2D eigenvalue weighted by Crippen LogP contribution is 2.35. The van der Waals surface area contributed by atoms with Gasteiger partial charge in [-0.05, 0) is 76.1 Å². The number of hydrogen-bond donors (Lipinski definition) is 0. The lowest BCUT2D eigenvalue weighted by molar-refractivity contribution is 0.0593. The van der Waals surface area contributed by atoms with Gasteiger partial charge in [-0.2, -0.15) is 0 Å². The second-order valence-corrected chi connectivity index (χ2v) is 9.51. The van der Waals surface area contributed by atoms with E-state index in [1.807, 2.05) is 0 Å². The fraction of sp³-hybridized carbons (Fsp3) is 0.500. The van der Waals surface area contributed by atoms with Gasteiger partial charge in [-0.15, -0.1) is 0 Å². The highest BCUT2D eigenvalue weighted by molar-refractivity contribution is 5.97. The number of hydrogen-bond acceptors (Lipinski definition) is 3. The zero-order valence-corrected chi connectivity index (χ0v) is 20.9. The summed E-state index contributed by atoms with van der Waals surface area (Å²) in [5.74, 6) is 1.15. The maximum Gasteiger partial charge on any atom is 0.255 e. The molecule has 5 nitrogen and oxygen atoms in total. The molecule has 1 amide bonds. The van der Waals surface area contributed by atoms with E-state index in [0.717, 1.165) is 85.3 Å². The van der Waals surface area contributed by atoms with Crippen LogP contribution in [0.2, 0.25) is 0 Å². The van der Waals surface area contributed by atoms with Crippen LogP contribution >= 0.6 is 0 Å². The molecule has 176 valence electrons. The molecule has 1 aliphatic rings. The van der Waals surface area contributed by atoms with Crippen molar-refractivity contribution in [1.82, 2.24) is 14.6 Å². The summed E-state index contributed by atoms with van der Waals surface area (Å²) in [6.07, 6.45) is 5.25. The lowest BCUT2D eigenvalue weighted by Crippen LogP contribution is -2.43. The number of amides is 1. The number of para-hydroxylation sites is 2. The molecule has 1 aromatic heterocycles. The Morgan fingerprint density at radius 3 is 2.36 bits per heavy atom. The molecule has 4 rings (SSSR count). The highest BCUT2D eigenvalue weighted by atomic mass is 16.2. The third-order valence-electron chi connectivity index (χ3n) is 6.76. The molecule has 0 aliphatic carbocycles. The third kappa shape index (κ3) is 4.50. The standard InChI is InChI=1S/C28H38N4O/c1-6-15-30(16-7-2)32-24-13-9-8-12-23(24)29-27(32)25-14-10-11-17-31(25)28(33)26-21(4)18-20(3)19-22(26)5/h8-9,12-13,18-19,25H,6-7,10-11,14-17H2,1-5H3. The van der Waals surface area contributed by atoms with Crippen molar-refractivity contribution in [3.8, 4) is 0 Å². The molecule has 1 fully saturated rings. The van der Waals surface area contributed by atoms with Crippen LogP contribution in [-0.2, 0) is 0 Å². The maximum absolute atomic E-state index is 14.0. The summed E-state index contributed by atoms with van der Waals surface area (Å²) in [4.78, 5) is 21.2. The number of carbonyl (C=O) groups excluding carboxylic acids is 1. The summed E-state index contributed by atoms with van der Waals surface area (Å²) < 4.78 is 2.33. The first-order chi connectivity index (χ1) is 16.0. The number of likely N-dealkylation sites (tertiary alicyclic amines) is 1. The number of benzene rings is 2. The minimum atomic E-state index is -0.0186. The van der Waals surface area contributed by atoms with Crippen molar-refractivity contribution in [1.29, 1.82) is 0 Å². The van der Waals surface area contributed by atoms with Crippen molar-refractivity contribution in [3.05, 3.63) is 64.5 Å². The number of fused-ring (bicyclic) bond motifs is 1. The lowest BCUT2D eigenvalue weighted by atomic mass is 9.95. The Bertz CT molecular complexity index is 1100. The molecule has 2 heterocycles. The molecule has 0 N–H and O–H groups in total. The first-order valence-corrected chi connectivity index (χ1v) is 12.6. The van der Waals surface area contributed by atoms with E-state index in [1.54, 1.807) is 0 Å². The first-order valence-electron chi connectivity index (χ1n) is 12.6. The maximum atomic E-state index is 14.0. The normalized spacial score (nSPS) is 16.4. The summed E-state index contributed by atoms with van der Waals surface area (Å²) in [5, 5.41) is 2.42. The van der Waals surface area contributed by atoms with Crippen LogP contribution in [0, 0.1) is 20.8 Å². The molecule has 5 heteroatoms. The summed E-state index contributed by atoms with van der Waals surface area (Å²) in [5.41, 5.74) is 6.32. The molecular formula is C28H38N4O. The van der Waals surface area contributed by atoms with Crippen molar-refractivity contribution in [2.45, 2.75) is 72.8 Å². The molecule has 1 unspecified atom stereocenters. The first kappa shape index (κ1) is 23.3. The van der Waals surface area contributed by atoms with Crippen LogP contribution in [0.5, 0.6) is 0 Å². The van der Waals surface area contributed by atoms with Crippen molar-refractivity contribution in [2.24, 2.45) is 0 Å². The van der Waals surface area contributed by atoms with Gasteiger partial charge in [0.15, 0.2) is 5.82 Å². The molecule has 3 aromatic rings. The largest absolute Gasteiger partial charge is 0.328 e. The second-order valence-electron chi connectivity index (χ2n) is 9.51. The molecule has 1 aliphatic heterocycles. The van der Waals surface area contributed by atoms with E-state index >= 15 is 0 Å². The number of nitrogens with zero attached hydrogens (tertiary/aromatic N) is 4. The Balaban J connectivity index is 1.82. The Hall–Kier alpha value is -2.82. The van der Waals surface area contributed by atoms with Gasteiger partial charge < -0.3 is 9.91 Å². The van der Waals surface area contributed by atoms with Gasteiger partial charge in [0.1, 0.15) is 0 Å². The van der Waals surface area contributed by atoms with Crippen LogP contribution in [0.1, 0.15) is 84.9 Å². The Morgan fingerprint density at radius 2 is 1.70 bits per heavy atom. The molecular weight excluding hydrogens is 408 g/mol. The molecule has 0 spiro atoms. The van der Waals surface area contributed by atoms with Gasteiger partial charge in [-0.1, -0.05) is 43.7 Å². The summed E-state index contributed by atoms with van der Waals surface area (Å²) in [6, 6.07) is 12.6. The number of carbonyl (C=O) groups is 1. The summed E-state index contributed by atoms with van der Waals surface area (Å²) in [7, 11) is 0. The molecule has 1 atom stereocenters. The quantitative estimate of drug-likeness (QED) is 0.441. The number of piperidine rings is 1. The monoisotopic (exact) mass is 446 g/mol. The number of aromatic nitrogens is 2. The summed E-state index contributed by atoms with van der Waals surface area (Å²) in [6.45, 7) is 13.4. The highest BCUT2D eigenvalue weighted by Gasteiger charge is 2.34. The predicted octanol–water partition coefficient (Wildman–Crippen LogP) is 6.09. The minimum Gasteiger partial charge on any atom is -0.328 e. The van der Waals surface area contributed by atoms with Gasteiger partial charge in [0.25, 0.3) is 5.91 Å². The second kappa shape index (κ2) is 9.98. The third-order valence-corrected chi connectivity index (χ3v) is 6.76. The Labute approximate surface area is 198 Å². The van der Waals surface area contributed by atoms with Gasteiger partial charge >= 0.3 is 0 Å². The van der Waals surface area contributed by atoms with E-state index in [4.69, 9.17) is 4.98 Å². The molecule has 0 bridgehead atoms. The van der Waals surface area contributed by atoms with E-state index < -0.39 is 0 Å². The van der Waals surface area contributed by atoms with Crippen molar-refractivity contribution in [2.75, 3.05) is 24.6 Å². The van der Waals surface area contributed by atoms with Crippen LogP contribution in [0.4, 0.5) is 0 Å². The molecule has 0 radical (unpaired) electrons. The van der Waals surface area contributed by atoms with Crippen LogP contribution in [-0.4, -0.2) is 40.1 Å². The lowest BCUT2D eigenvalue weighted by Gasteiger charge is -2.38. The van der Waals surface area contributed by atoms with Crippen molar-refractivity contribution >= 4 is 16.9 Å². The van der Waals surface area contributed by atoms with E-state index in [0.29, 0.717) is 0 Å². The average molecular weight is 447 g/mol. The van der Waals surface area contributed by atoms with Crippen molar-refractivity contribution < 1.29 is 4.79 Å². The zero-order chi connectivity index (χ0) is 23.5. The number of imidazole rings is 1. The van der Waals surface area contributed by atoms with E-state index in [1.165, 1.54) is 5.56 Å². The predicted molar refractivity (Wildman–Crippen MR) is 137 cm³/mol.